The summed E-state index contributed by atoms with van der Waals surface area (Å²) in [4.78, 5) is 11.5. The second-order valence-corrected chi connectivity index (χ2v) is 7.55. The molecule has 138 valence electrons. The molecule has 1 saturated heterocycles. The van der Waals surface area contributed by atoms with Gasteiger partial charge >= 0.3 is 0 Å². The lowest BCUT2D eigenvalue weighted by atomic mass is 10.1. The highest BCUT2D eigenvalue weighted by Gasteiger charge is 2.27. The Morgan fingerprint density at radius 3 is 3.07 bits per heavy atom. The minimum Gasteiger partial charge on any atom is -0.493 e. The number of aryl methyl sites for hydroxylation is 1. The summed E-state index contributed by atoms with van der Waals surface area (Å²) < 4.78 is 8.03. The van der Waals surface area contributed by atoms with Gasteiger partial charge in [0.2, 0.25) is 0 Å². The number of pyridine rings is 1. The van der Waals surface area contributed by atoms with Gasteiger partial charge in [0.1, 0.15) is 11.6 Å². The average molecular weight is 360 g/mol. The normalized spacial score (nSPS) is 19.2. The molecule has 1 fully saturated rings. The molecule has 1 unspecified atom stereocenters. The van der Waals surface area contributed by atoms with Crippen molar-refractivity contribution in [1.29, 1.82) is 0 Å². The van der Waals surface area contributed by atoms with Gasteiger partial charge in [0.25, 0.3) is 0 Å². The molecule has 27 heavy (non-hydrogen) atoms. The third-order valence-corrected chi connectivity index (χ3v) is 5.67. The molecule has 0 spiro atoms. The molecule has 0 N–H and O–H groups in total. The van der Waals surface area contributed by atoms with E-state index in [4.69, 9.17) is 4.74 Å². The van der Waals surface area contributed by atoms with E-state index in [0.29, 0.717) is 6.04 Å². The zero-order chi connectivity index (χ0) is 18.2. The van der Waals surface area contributed by atoms with E-state index in [1.165, 1.54) is 16.8 Å². The van der Waals surface area contributed by atoms with Crippen molar-refractivity contribution in [3.63, 3.8) is 0 Å². The largest absolute Gasteiger partial charge is 0.493 e. The Kier molecular flexibility index (Phi) is 4.17. The molecule has 1 aromatic carbocycles. The topological polar surface area (TPSA) is 43.2 Å². The van der Waals surface area contributed by atoms with E-state index in [9.17, 15) is 0 Å². The first-order valence-electron chi connectivity index (χ1n) is 9.69. The standard InChI is InChI=1S/C22H24N4O/c1-16-12-24-22(19-3-2-8-23-13-19)26(16)20-6-9-25(15-20)14-17-4-5-21-18(11-17)7-10-27-21/h2-5,8,11-13,20H,6-7,9-10,14-15H2,1H3. The van der Waals surface area contributed by atoms with Crippen LogP contribution in [0, 0.1) is 6.92 Å². The summed E-state index contributed by atoms with van der Waals surface area (Å²) in [5.41, 5.74) is 5.04. The van der Waals surface area contributed by atoms with Gasteiger partial charge in [-0.1, -0.05) is 12.1 Å². The Bertz CT molecular complexity index is 950. The fourth-order valence-corrected chi connectivity index (χ4v) is 4.38. The van der Waals surface area contributed by atoms with E-state index in [1.54, 1.807) is 0 Å². The first-order chi connectivity index (χ1) is 13.3. The molecule has 2 aromatic heterocycles. The zero-order valence-electron chi connectivity index (χ0n) is 15.6. The maximum Gasteiger partial charge on any atom is 0.141 e. The summed E-state index contributed by atoms with van der Waals surface area (Å²) in [6.07, 6.45) is 7.87. The number of fused-ring (bicyclic) bond motifs is 1. The first kappa shape index (κ1) is 16.5. The second-order valence-electron chi connectivity index (χ2n) is 7.55. The number of hydrogen-bond donors (Lipinski definition) is 0. The van der Waals surface area contributed by atoms with Crippen LogP contribution in [0.15, 0.2) is 48.9 Å². The number of aromatic nitrogens is 3. The number of benzene rings is 1. The van der Waals surface area contributed by atoms with Crippen LogP contribution in [0.1, 0.15) is 29.3 Å². The number of hydrogen-bond acceptors (Lipinski definition) is 4. The molecular weight excluding hydrogens is 336 g/mol. The predicted octanol–water partition coefficient (Wildman–Crippen LogP) is 3.64. The summed E-state index contributed by atoms with van der Waals surface area (Å²) in [7, 11) is 0. The third kappa shape index (κ3) is 3.12. The van der Waals surface area contributed by atoms with Crippen LogP contribution in [0.5, 0.6) is 5.75 Å². The maximum absolute atomic E-state index is 5.63. The quantitative estimate of drug-likeness (QED) is 0.712. The summed E-state index contributed by atoms with van der Waals surface area (Å²) in [5.74, 6) is 2.09. The molecule has 0 radical (unpaired) electrons. The lowest BCUT2D eigenvalue weighted by Gasteiger charge is -2.20. The Labute approximate surface area is 159 Å². The predicted molar refractivity (Wildman–Crippen MR) is 105 cm³/mol. The smallest absolute Gasteiger partial charge is 0.141 e. The van der Waals surface area contributed by atoms with Crippen LogP contribution in [-0.2, 0) is 13.0 Å². The van der Waals surface area contributed by atoms with Gasteiger partial charge in [-0.05, 0) is 42.7 Å². The Balaban J connectivity index is 1.34. The summed E-state index contributed by atoms with van der Waals surface area (Å²) in [6, 6.07) is 11.2. The van der Waals surface area contributed by atoms with Gasteiger partial charge in [0.05, 0.1) is 6.61 Å². The molecule has 0 amide bonds. The van der Waals surface area contributed by atoms with Crippen molar-refractivity contribution in [1.82, 2.24) is 19.4 Å². The number of nitrogens with zero attached hydrogens (tertiary/aromatic N) is 4. The minimum absolute atomic E-state index is 0.459. The zero-order valence-corrected chi connectivity index (χ0v) is 15.6. The van der Waals surface area contributed by atoms with Crippen LogP contribution >= 0.6 is 0 Å². The molecule has 3 aromatic rings. The molecule has 5 nitrogen and oxygen atoms in total. The van der Waals surface area contributed by atoms with Crippen LogP contribution in [0.4, 0.5) is 0 Å². The van der Waals surface area contributed by atoms with E-state index >= 15 is 0 Å². The Morgan fingerprint density at radius 2 is 2.19 bits per heavy atom. The minimum atomic E-state index is 0.459. The molecule has 0 saturated carbocycles. The molecule has 2 aliphatic heterocycles. The van der Waals surface area contributed by atoms with Crippen LogP contribution in [-0.4, -0.2) is 39.1 Å². The second kappa shape index (κ2) is 6.82. The van der Waals surface area contributed by atoms with Gasteiger partial charge < -0.3 is 9.30 Å². The summed E-state index contributed by atoms with van der Waals surface area (Å²) >= 11 is 0. The van der Waals surface area contributed by atoms with Crippen LogP contribution in [0.3, 0.4) is 0 Å². The summed E-state index contributed by atoms with van der Waals surface area (Å²) in [6.45, 7) is 6.14. The van der Waals surface area contributed by atoms with Gasteiger partial charge in [-0.25, -0.2) is 4.98 Å². The lowest BCUT2D eigenvalue weighted by molar-refractivity contribution is 0.316. The average Bonchev–Trinajstić information content (AvgIpc) is 3.42. The summed E-state index contributed by atoms with van der Waals surface area (Å²) in [5, 5.41) is 0. The van der Waals surface area contributed by atoms with Crippen molar-refractivity contribution in [2.45, 2.75) is 32.4 Å². The molecule has 1 atom stereocenters. The van der Waals surface area contributed by atoms with Gasteiger partial charge in [-0.2, -0.15) is 0 Å². The SMILES string of the molecule is Cc1cnc(-c2cccnc2)n1C1CCN(Cc2ccc3c(c2)CCO3)C1. The van der Waals surface area contributed by atoms with Crippen LogP contribution in [0.25, 0.3) is 11.4 Å². The highest BCUT2D eigenvalue weighted by atomic mass is 16.5. The van der Waals surface area contributed by atoms with Crippen molar-refractivity contribution in [3.8, 4) is 17.1 Å². The van der Waals surface area contributed by atoms with Crippen molar-refractivity contribution < 1.29 is 4.74 Å². The van der Waals surface area contributed by atoms with E-state index in [-0.39, 0.29) is 0 Å². The monoisotopic (exact) mass is 360 g/mol. The number of rotatable bonds is 4. The van der Waals surface area contributed by atoms with Crippen molar-refractivity contribution >= 4 is 0 Å². The third-order valence-electron chi connectivity index (χ3n) is 5.67. The van der Waals surface area contributed by atoms with Gasteiger partial charge in [-0.3, -0.25) is 9.88 Å². The number of ether oxygens (including phenoxy) is 1. The van der Waals surface area contributed by atoms with E-state index in [1.807, 2.05) is 24.7 Å². The Hall–Kier alpha value is -2.66. The highest BCUT2D eigenvalue weighted by molar-refractivity contribution is 5.54. The molecule has 5 rings (SSSR count). The molecule has 0 aliphatic carbocycles. The molecule has 0 bridgehead atoms. The fraction of sp³-hybridized carbons (Fsp3) is 0.364. The molecule has 5 heteroatoms. The maximum atomic E-state index is 5.63. The van der Waals surface area contributed by atoms with Crippen molar-refractivity contribution in [2.75, 3.05) is 19.7 Å². The number of likely N-dealkylation sites (tertiary alicyclic amines) is 1. The van der Waals surface area contributed by atoms with Gasteiger partial charge in [-0.15, -0.1) is 0 Å². The number of imidazole rings is 1. The first-order valence-corrected chi connectivity index (χ1v) is 9.69. The highest BCUT2D eigenvalue weighted by Crippen LogP contribution is 2.31. The van der Waals surface area contributed by atoms with Crippen molar-refractivity contribution in [3.05, 3.63) is 65.7 Å². The van der Waals surface area contributed by atoms with E-state index in [0.717, 1.165) is 56.2 Å². The molecule has 2 aliphatic rings. The van der Waals surface area contributed by atoms with Crippen molar-refractivity contribution in [2.24, 2.45) is 0 Å². The van der Waals surface area contributed by atoms with E-state index in [2.05, 4.69) is 50.6 Å². The van der Waals surface area contributed by atoms with Crippen LogP contribution in [0.2, 0.25) is 0 Å². The van der Waals surface area contributed by atoms with Gasteiger partial charge in [0.15, 0.2) is 0 Å². The molecule has 4 heterocycles. The van der Waals surface area contributed by atoms with Crippen LogP contribution < -0.4 is 4.74 Å². The lowest BCUT2D eigenvalue weighted by Crippen LogP contribution is -2.22. The van der Waals surface area contributed by atoms with E-state index < -0.39 is 0 Å². The van der Waals surface area contributed by atoms with Gasteiger partial charge in [0, 0.05) is 61.9 Å². The molecular formula is C22H24N4O. The fourth-order valence-electron chi connectivity index (χ4n) is 4.38. The Morgan fingerprint density at radius 1 is 1.22 bits per heavy atom.